The summed E-state index contributed by atoms with van der Waals surface area (Å²) in [5, 5.41) is 3.34. The molecule has 0 radical (unpaired) electrons. The van der Waals surface area contributed by atoms with Gasteiger partial charge in [0.05, 0.1) is 12.0 Å². The van der Waals surface area contributed by atoms with E-state index in [4.69, 9.17) is 4.74 Å². The average molecular weight is 304 g/mol. The predicted molar refractivity (Wildman–Crippen MR) is 88.7 cm³/mol. The van der Waals surface area contributed by atoms with Crippen molar-refractivity contribution >= 4 is 5.91 Å². The number of carbonyl (C=O) groups excluding carboxylic acids is 1. The van der Waals surface area contributed by atoms with E-state index in [1.165, 1.54) is 11.1 Å². The third-order valence-electron chi connectivity index (χ3n) is 4.73. The maximum Gasteiger partial charge on any atom is 0.231 e. The molecule has 0 aliphatic carbocycles. The van der Waals surface area contributed by atoms with Crippen LogP contribution in [0, 0.1) is 12.3 Å². The summed E-state index contributed by atoms with van der Waals surface area (Å²) >= 11 is 0. The summed E-state index contributed by atoms with van der Waals surface area (Å²) in [4.78, 5) is 15.2. The quantitative estimate of drug-likeness (QED) is 0.877. The Morgan fingerprint density at radius 2 is 2.00 bits per heavy atom. The normalized spacial score (nSPS) is 17.2. The van der Waals surface area contributed by atoms with Crippen molar-refractivity contribution in [2.45, 2.75) is 33.2 Å². The zero-order valence-corrected chi connectivity index (χ0v) is 14.0. The van der Waals surface area contributed by atoms with Crippen LogP contribution >= 0.6 is 0 Å². The fourth-order valence-electron chi connectivity index (χ4n) is 3.26. The second-order valence-electron chi connectivity index (χ2n) is 6.21. The number of hydrogen-bond donors (Lipinski definition) is 1. The monoisotopic (exact) mass is 304 g/mol. The minimum atomic E-state index is -0.362. The lowest BCUT2D eigenvalue weighted by Crippen LogP contribution is -2.51. The highest BCUT2D eigenvalue weighted by Crippen LogP contribution is 2.32. The van der Waals surface area contributed by atoms with Gasteiger partial charge >= 0.3 is 0 Å². The third kappa shape index (κ3) is 3.68. The lowest BCUT2D eigenvalue weighted by Gasteiger charge is -2.39. The first-order chi connectivity index (χ1) is 10.6. The van der Waals surface area contributed by atoms with Gasteiger partial charge in [-0.25, -0.2) is 0 Å². The van der Waals surface area contributed by atoms with E-state index in [-0.39, 0.29) is 11.3 Å². The van der Waals surface area contributed by atoms with Crippen molar-refractivity contribution < 1.29 is 9.53 Å². The van der Waals surface area contributed by atoms with Crippen LogP contribution in [0.2, 0.25) is 0 Å². The number of carbonyl (C=O) groups is 1. The Hall–Kier alpha value is -1.39. The van der Waals surface area contributed by atoms with Crippen molar-refractivity contribution in [3.8, 4) is 0 Å². The Balaban J connectivity index is 2.17. The molecule has 0 unspecified atom stereocenters. The first kappa shape index (κ1) is 17.0. The Labute approximate surface area is 133 Å². The van der Waals surface area contributed by atoms with Gasteiger partial charge in [0.15, 0.2) is 0 Å². The number of nitrogens with zero attached hydrogens (tertiary/aromatic N) is 1. The zero-order valence-electron chi connectivity index (χ0n) is 14.0. The molecule has 1 heterocycles. The van der Waals surface area contributed by atoms with E-state index < -0.39 is 0 Å². The topological polar surface area (TPSA) is 41.6 Å². The Kier molecular flexibility index (Phi) is 5.98. The van der Waals surface area contributed by atoms with Crippen LogP contribution in [0.3, 0.4) is 0 Å². The lowest BCUT2D eigenvalue weighted by molar-refractivity contribution is -0.148. The molecular weight excluding hydrogens is 276 g/mol. The van der Waals surface area contributed by atoms with Crippen molar-refractivity contribution in [1.29, 1.82) is 0 Å². The third-order valence-corrected chi connectivity index (χ3v) is 4.73. The molecule has 2 rings (SSSR count). The summed E-state index contributed by atoms with van der Waals surface area (Å²) in [7, 11) is 1.69. The van der Waals surface area contributed by atoms with Crippen LogP contribution in [0.1, 0.15) is 30.9 Å². The summed E-state index contributed by atoms with van der Waals surface area (Å²) in [5.74, 6) is 0.238. The molecule has 1 amide bonds. The number of amides is 1. The Morgan fingerprint density at radius 3 is 2.59 bits per heavy atom. The molecule has 1 aliphatic rings. The molecule has 1 N–H and O–H groups in total. The summed E-state index contributed by atoms with van der Waals surface area (Å²) in [5.41, 5.74) is 2.10. The molecule has 1 aromatic carbocycles. The van der Waals surface area contributed by atoms with E-state index in [1.807, 2.05) is 17.0 Å². The number of hydrogen-bond acceptors (Lipinski definition) is 3. The molecule has 22 heavy (non-hydrogen) atoms. The van der Waals surface area contributed by atoms with Crippen LogP contribution < -0.4 is 5.32 Å². The number of aryl methyl sites for hydroxylation is 1. The van der Waals surface area contributed by atoms with Gasteiger partial charge in [0, 0.05) is 20.2 Å². The maximum atomic E-state index is 13.2. The van der Waals surface area contributed by atoms with Crippen molar-refractivity contribution in [3.05, 3.63) is 35.4 Å². The lowest BCUT2D eigenvalue weighted by atomic mass is 9.78. The molecule has 122 valence electrons. The molecule has 1 aliphatic heterocycles. The first-order valence-electron chi connectivity index (χ1n) is 8.16. The van der Waals surface area contributed by atoms with Gasteiger partial charge in [0.25, 0.3) is 0 Å². The minimum Gasteiger partial charge on any atom is -0.384 e. The zero-order chi connectivity index (χ0) is 16.0. The van der Waals surface area contributed by atoms with Gasteiger partial charge < -0.3 is 15.0 Å². The molecular formula is C18H28N2O2. The SMILES string of the molecule is CCN(Cc1ccccc1C)C(=O)C1(COC)CCNCC1. The molecule has 1 fully saturated rings. The van der Waals surface area contributed by atoms with E-state index in [2.05, 4.69) is 31.3 Å². The summed E-state index contributed by atoms with van der Waals surface area (Å²) < 4.78 is 5.40. The van der Waals surface area contributed by atoms with E-state index in [0.29, 0.717) is 13.2 Å². The highest BCUT2D eigenvalue weighted by Gasteiger charge is 2.41. The summed E-state index contributed by atoms with van der Waals surface area (Å²) in [6, 6.07) is 8.28. The smallest absolute Gasteiger partial charge is 0.231 e. The van der Waals surface area contributed by atoms with Crippen molar-refractivity contribution in [2.24, 2.45) is 5.41 Å². The summed E-state index contributed by atoms with van der Waals surface area (Å²) in [6.45, 7) is 7.85. The second-order valence-corrected chi connectivity index (χ2v) is 6.21. The van der Waals surface area contributed by atoms with Gasteiger partial charge in [-0.05, 0) is 50.9 Å². The number of ether oxygens (including phenoxy) is 1. The van der Waals surface area contributed by atoms with Gasteiger partial charge in [0.2, 0.25) is 5.91 Å². The molecule has 4 heteroatoms. The van der Waals surface area contributed by atoms with Crippen LogP contribution in [0.5, 0.6) is 0 Å². The van der Waals surface area contributed by atoms with Gasteiger partial charge in [-0.15, -0.1) is 0 Å². The number of piperidine rings is 1. The number of rotatable bonds is 6. The average Bonchev–Trinajstić information content (AvgIpc) is 2.54. The van der Waals surface area contributed by atoms with Crippen LogP contribution in [0.15, 0.2) is 24.3 Å². The Bertz CT molecular complexity index is 490. The van der Waals surface area contributed by atoms with Crippen LogP contribution in [0.25, 0.3) is 0 Å². The summed E-state index contributed by atoms with van der Waals surface area (Å²) in [6.07, 6.45) is 1.70. The van der Waals surface area contributed by atoms with Crippen LogP contribution in [-0.2, 0) is 16.1 Å². The van der Waals surface area contributed by atoms with Crippen LogP contribution in [-0.4, -0.2) is 44.2 Å². The van der Waals surface area contributed by atoms with Crippen molar-refractivity contribution in [1.82, 2.24) is 10.2 Å². The van der Waals surface area contributed by atoms with E-state index in [9.17, 15) is 4.79 Å². The number of methoxy groups -OCH3 is 1. The predicted octanol–water partition coefficient (Wildman–Crippen LogP) is 2.36. The van der Waals surface area contributed by atoms with Gasteiger partial charge in [-0.3, -0.25) is 4.79 Å². The molecule has 4 nitrogen and oxygen atoms in total. The standard InChI is InChI=1S/C18H28N2O2/c1-4-20(13-16-8-6-5-7-15(16)2)17(21)18(14-22-3)9-11-19-12-10-18/h5-8,19H,4,9-14H2,1-3H3. The van der Waals surface area contributed by atoms with E-state index >= 15 is 0 Å². The van der Waals surface area contributed by atoms with Gasteiger partial charge in [0.1, 0.15) is 0 Å². The fourth-order valence-corrected chi connectivity index (χ4v) is 3.26. The fraction of sp³-hybridized carbons (Fsp3) is 0.611. The van der Waals surface area contributed by atoms with E-state index in [1.54, 1.807) is 7.11 Å². The van der Waals surface area contributed by atoms with Crippen molar-refractivity contribution in [2.75, 3.05) is 33.4 Å². The molecule has 0 aromatic heterocycles. The minimum absolute atomic E-state index is 0.238. The largest absolute Gasteiger partial charge is 0.384 e. The second kappa shape index (κ2) is 7.75. The molecule has 0 atom stereocenters. The maximum absolute atomic E-state index is 13.2. The molecule has 0 bridgehead atoms. The van der Waals surface area contributed by atoms with E-state index in [0.717, 1.165) is 32.5 Å². The van der Waals surface area contributed by atoms with Crippen molar-refractivity contribution in [3.63, 3.8) is 0 Å². The first-order valence-corrected chi connectivity index (χ1v) is 8.16. The number of nitrogens with one attached hydrogen (secondary N) is 1. The van der Waals surface area contributed by atoms with Gasteiger partial charge in [-0.1, -0.05) is 24.3 Å². The van der Waals surface area contributed by atoms with Crippen LogP contribution in [0.4, 0.5) is 0 Å². The highest BCUT2D eigenvalue weighted by molar-refractivity contribution is 5.83. The molecule has 1 aromatic rings. The number of benzene rings is 1. The molecule has 0 saturated carbocycles. The molecule has 1 saturated heterocycles. The van der Waals surface area contributed by atoms with Gasteiger partial charge in [-0.2, -0.15) is 0 Å². The highest BCUT2D eigenvalue weighted by atomic mass is 16.5. The molecule has 0 spiro atoms. The Morgan fingerprint density at radius 1 is 1.32 bits per heavy atom.